The van der Waals surface area contributed by atoms with Crippen LogP contribution in [0.2, 0.25) is 0 Å². The van der Waals surface area contributed by atoms with E-state index in [2.05, 4.69) is 23.3 Å². The zero-order valence-corrected chi connectivity index (χ0v) is 11.7. The number of anilines is 1. The standard InChI is InChI=1S/C16H19N3O/c1-11-5-6-12-8-13(9-17)16(19-15(11)12)18-10-14-4-2-3-7-20-14/h3,7-8,11,14H,2,4-6,10H2,1H3,(H,18,19). The van der Waals surface area contributed by atoms with E-state index in [-0.39, 0.29) is 6.10 Å². The van der Waals surface area contributed by atoms with Crippen LogP contribution in [0.1, 0.15) is 48.9 Å². The first-order valence-electron chi connectivity index (χ1n) is 7.26. The summed E-state index contributed by atoms with van der Waals surface area (Å²) in [5, 5.41) is 12.6. The highest BCUT2D eigenvalue weighted by Gasteiger charge is 2.23. The summed E-state index contributed by atoms with van der Waals surface area (Å²) in [5.74, 6) is 1.20. The van der Waals surface area contributed by atoms with Crippen molar-refractivity contribution in [1.82, 2.24) is 4.98 Å². The monoisotopic (exact) mass is 269 g/mol. The number of nitriles is 1. The maximum Gasteiger partial charge on any atom is 0.144 e. The van der Waals surface area contributed by atoms with E-state index < -0.39 is 0 Å². The highest BCUT2D eigenvalue weighted by Crippen LogP contribution is 2.33. The van der Waals surface area contributed by atoms with Crippen molar-refractivity contribution in [3.8, 4) is 6.07 Å². The van der Waals surface area contributed by atoms with Crippen molar-refractivity contribution >= 4 is 5.82 Å². The maximum atomic E-state index is 9.28. The molecule has 1 aromatic heterocycles. The molecule has 0 fully saturated rings. The molecule has 4 heteroatoms. The van der Waals surface area contributed by atoms with Gasteiger partial charge in [-0.15, -0.1) is 0 Å². The van der Waals surface area contributed by atoms with E-state index >= 15 is 0 Å². The molecule has 1 aliphatic heterocycles. The van der Waals surface area contributed by atoms with Crippen molar-refractivity contribution in [2.24, 2.45) is 0 Å². The van der Waals surface area contributed by atoms with Gasteiger partial charge in [-0.3, -0.25) is 0 Å². The van der Waals surface area contributed by atoms with Gasteiger partial charge in [0.2, 0.25) is 0 Å². The summed E-state index contributed by atoms with van der Waals surface area (Å²) in [6, 6.07) is 4.24. The number of hydrogen-bond acceptors (Lipinski definition) is 4. The summed E-state index contributed by atoms with van der Waals surface area (Å²) in [6.45, 7) is 2.89. The smallest absolute Gasteiger partial charge is 0.144 e. The highest BCUT2D eigenvalue weighted by molar-refractivity contribution is 5.55. The maximum absolute atomic E-state index is 9.28. The Balaban J connectivity index is 1.76. The molecular formula is C16H19N3O. The molecule has 0 spiro atoms. The Bertz CT molecular complexity index is 574. The molecule has 2 aliphatic rings. The number of allylic oxidation sites excluding steroid dienone is 1. The van der Waals surface area contributed by atoms with Gasteiger partial charge in [0, 0.05) is 5.69 Å². The molecule has 4 nitrogen and oxygen atoms in total. The first-order valence-corrected chi connectivity index (χ1v) is 7.26. The minimum atomic E-state index is 0.166. The topological polar surface area (TPSA) is 57.9 Å². The van der Waals surface area contributed by atoms with Crippen LogP contribution in [0, 0.1) is 11.3 Å². The first-order chi connectivity index (χ1) is 9.78. The number of pyridine rings is 1. The van der Waals surface area contributed by atoms with Crippen LogP contribution in [0.3, 0.4) is 0 Å². The Kier molecular flexibility index (Phi) is 3.60. The van der Waals surface area contributed by atoms with Gasteiger partial charge in [-0.2, -0.15) is 5.26 Å². The van der Waals surface area contributed by atoms with E-state index in [4.69, 9.17) is 4.74 Å². The van der Waals surface area contributed by atoms with Crippen LogP contribution in [-0.2, 0) is 11.2 Å². The van der Waals surface area contributed by atoms with Crippen molar-refractivity contribution in [2.75, 3.05) is 11.9 Å². The molecule has 2 atom stereocenters. The van der Waals surface area contributed by atoms with Gasteiger partial charge in [0.1, 0.15) is 18.0 Å². The number of aromatic nitrogens is 1. The summed E-state index contributed by atoms with van der Waals surface area (Å²) < 4.78 is 5.53. The van der Waals surface area contributed by atoms with Crippen molar-refractivity contribution < 1.29 is 4.74 Å². The van der Waals surface area contributed by atoms with E-state index in [1.165, 1.54) is 5.56 Å². The highest BCUT2D eigenvalue weighted by atomic mass is 16.5. The van der Waals surface area contributed by atoms with Gasteiger partial charge in [0.05, 0.1) is 18.4 Å². The fourth-order valence-corrected chi connectivity index (χ4v) is 2.87. The summed E-state index contributed by atoms with van der Waals surface area (Å²) in [6.07, 6.45) is 8.19. The normalized spacial score (nSPS) is 23.8. The molecular weight excluding hydrogens is 250 g/mol. The SMILES string of the molecule is CC1CCc2cc(C#N)c(NCC3CCC=CO3)nc21. The predicted molar refractivity (Wildman–Crippen MR) is 77.4 cm³/mol. The number of ether oxygens (including phenoxy) is 1. The zero-order valence-electron chi connectivity index (χ0n) is 11.7. The van der Waals surface area contributed by atoms with Crippen molar-refractivity contribution in [1.29, 1.82) is 5.26 Å². The van der Waals surface area contributed by atoms with E-state index in [1.807, 2.05) is 12.1 Å². The van der Waals surface area contributed by atoms with Gasteiger partial charge in [-0.05, 0) is 49.3 Å². The van der Waals surface area contributed by atoms with Crippen LogP contribution in [0.5, 0.6) is 0 Å². The number of nitrogens with zero attached hydrogens (tertiary/aromatic N) is 2. The molecule has 1 aromatic rings. The van der Waals surface area contributed by atoms with Gasteiger partial charge in [-0.25, -0.2) is 4.98 Å². The molecule has 2 unspecified atom stereocenters. The summed E-state index contributed by atoms with van der Waals surface area (Å²) in [4.78, 5) is 4.68. The minimum absolute atomic E-state index is 0.166. The molecule has 0 amide bonds. The predicted octanol–water partition coefficient (Wildman–Crippen LogP) is 3.11. The zero-order chi connectivity index (χ0) is 13.9. The summed E-state index contributed by atoms with van der Waals surface area (Å²) >= 11 is 0. The van der Waals surface area contributed by atoms with Crippen LogP contribution in [0.25, 0.3) is 0 Å². The van der Waals surface area contributed by atoms with Gasteiger partial charge in [0.15, 0.2) is 0 Å². The van der Waals surface area contributed by atoms with E-state index in [9.17, 15) is 5.26 Å². The third-order valence-corrected chi connectivity index (χ3v) is 4.09. The molecule has 0 saturated carbocycles. The van der Waals surface area contributed by atoms with Crippen molar-refractivity contribution in [3.63, 3.8) is 0 Å². The van der Waals surface area contributed by atoms with Crippen LogP contribution < -0.4 is 5.32 Å². The fourth-order valence-electron chi connectivity index (χ4n) is 2.87. The second kappa shape index (κ2) is 5.54. The van der Waals surface area contributed by atoms with Gasteiger partial charge < -0.3 is 10.1 Å². The molecule has 0 aromatic carbocycles. The number of nitrogens with one attached hydrogen (secondary N) is 1. The number of aryl methyl sites for hydroxylation is 1. The molecule has 1 aliphatic carbocycles. The summed E-state index contributed by atoms with van der Waals surface area (Å²) in [7, 11) is 0. The van der Waals surface area contributed by atoms with Gasteiger partial charge in [0.25, 0.3) is 0 Å². The van der Waals surface area contributed by atoms with E-state index in [0.29, 0.717) is 23.8 Å². The Hall–Kier alpha value is -2.02. The molecule has 0 radical (unpaired) electrons. The largest absolute Gasteiger partial charge is 0.497 e. The number of fused-ring (bicyclic) bond motifs is 1. The fraction of sp³-hybridized carbons (Fsp3) is 0.500. The van der Waals surface area contributed by atoms with Gasteiger partial charge >= 0.3 is 0 Å². The summed E-state index contributed by atoms with van der Waals surface area (Å²) in [5.41, 5.74) is 3.02. The number of rotatable bonds is 3. The molecule has 1 N–H and O–H groups in total. The average Bonchev–Trinajstić information content (AvgIpc) is 2.86. The molecule has 2 heterocycles. The third-order valence-electron chi connectivity index (χ3n) is 4.09. The molecule has 0 saturated heterocycles. The second-order valence-electron chi connectivity index (χ2n) is 5.57. The first kappa shape index (κ1) is 13.0. The average molecular weight is 269 g/mol. The lowest BCUT2D eigenvalue weighted by Crippen LogP contribution is -2.24. The van der Waals surface area contributed by atoms with E-state index in [1.54, 1.807) is 6.26 Å². The van der Waals surface area contributed by atoms with Gasteiger partial charge in [-0.1, -0.05) is 6.92 Å². The lowest BCUT2D eigenvalue weighted by atomic mass is 10.1. The Morgan fingerprint density at radius 3 is 3.15 bits per heavy atom. The quantitative estimate of drug-likeness (QED) is 0.916. The minimum Gasteiger partial charge on any atom is -0.497 e. The molecule has 0 bridgehead atoms. The Morgan fingerprint density at radius 2 is 2.40 bits per heavy atom. The van der Waals surface area contributed by atoms with Crippen molar-refractivity contribution in [3.05, 3.63) is 35.2 Å². The van der Waals surface area contributed by atoms with E-state index in [0.717, 1.165) is 31.4 Å². The molecule has 20 heavy (non-hydrogen) atoms. The lowest BCUT2D eigenvalue weighted by molar-refractivity contribution is 0.135. The Labute approximate surface area is 119 Å². The number of hydrogen-bond donors (Lipinski definition) is 1. The molecule has 104 valence electrons. The Morgan fingerprint density at radius 1 is 1.50 bits per heavy atom. The lowest BCUT2D eigenvalue weighted by Gasteiger charge is -2.20. The van der Waals surface area contributed by atoms with Crippen LogP contribution in [-0.4, -0.2) is 17.6 Å². The van der Waals surface area contributed by atoms with Crippen molar-refractivity contribution in [2.45, 2.75) is 44.6 Å². The van der Waals surface area contributed by atoms with Crippen LogP contribution in [0.15, 0.2) is 18.4 Å². The van der Waals surface area contributed by atoms with Crippen LogP contribution in [0.4, 0.5) is 5.82 Å². The molecule has 3 rings (SSSR count). The third kappa shape index (κ3) is 2.49. The second-order valence-corrected chi connectivity index (χ2v) is 5.57. The van der Waals surface area contributed by atoms with Crippen LogP contribution >= 0.6 is 0 Å².